The number of rotatable bonds is 2. The van der Waals surface area contributed by atoms with E-state index in [4.69, 9.17) is 9.97 Å². The number of benzene rings is 9. The highest BCUT2D eigenvalue weighted by Gasteiger charge is 2.16. The third kappa shape index (κ3) is 3.93. The van der Waals surface area contributed by atoms with Crippen molar-refractivity contribution < 1.29 is 0 Å². The van der Waals surface area contributed by atoms with Gasteiger partial charge in [-0.05, 0) is 115 Å². The van der Waals surface area contributed by atoms with Gasteiger partial charge in [0.1, 0.15) is 0 Å². The fraction of sp³-hybridized carbons (Fsp3) is 0.0435. The van der Waals surface area contributed by atoms with E-state index in [1.165, 1.54) is 76.5 Å². The van der Waals surface area contributed by atoms with E-state index >= 15 is 0 Å². The van der Waals surface area contributed by atoms with Crippen LogP contribution in [-0.2, 0) is 0 Å². The molecular formula is C46H30N2. The van der Waals surface area contributed by atoms with E-state index in [1.54, 1.807) is 0 Å². The van der Waals surface area contributed by atoms with Crippen LogP contribution in [0.5, 0.6) is 0 Å². The Morgan fingerprint density at radius 2 is 0.646 bits per heavy atom. The smallest absolute Gasteiger partial charge is 0.0979 e. The number of hydrogen-bond donors (Lipinski definition) is 0. The average molecular weight is 611 g/mol. The Hall–Kier alpha value is -6.12. The first-order valence-electron chi connectivity index (χ1n) is 16.6. The van der Waals surface area contributed by atoms with E-state index in [-0.39, 0.29) is 0 Å². The van der Waals surface area contributed by atoms with Crippen molar-refractivity contribution in [3.05, 3.63) is 157 Å². The Balaban J connectivity index is 1.15. The number of aromatic nitrogens is 2. The van der Waals surface area contributed by atoms with E-state index in [2.05, 4.69) is 135 Å². The molecule has 0 N–H and O–H groups in total. The van der Waals surface area contributed by atoms with Gasteiger partial charge in [0.05, 0.1) is 22.1 Å². The van der Waals surface area contributed by atoms with E-state index in [0.29, 0.717) is 0 Å². The van der Waals surface area contributed by atoms with Crippen LogP contribution in [0.25, 0.3) is 98.2 Å². The normalized spacial score (nSPS) is 12.0. The van der Waals surface area contributed by atoms with Crippen molar-refractivity contribution in [2.45, 2.75) is 13.8 Å². The molecule has 1 heterocycles. The minimum atomic E-state index is 0.919. The molecule has 10 aromatic rings. The molecule has 10 rings (SSSR count). The Bertz CT molecular complexity index is 2940. The number of nitrogens with zero attached hydrogens (tertiary/aromatic N) is 2. The summed E-state index contributed by atoms with van der Waals surface area (Å²) in [5.41, 5.74) is 11.3. The number of hydrogen-bond acceptors (Lipinski definition) is 2. The Morgan fingerprint density at radius 3 is 1.15 bits per heavy atom. The first kappa shape index (κ1) is 27.0. The van der Waals surface area contributed by atoms with Crippen molar-refractivity contribution in [1.29, 1.82) is 0 Å². The standard InChI is InChI=1S/C46H30N2/c1-27-24-40(28(2)23-39(27)29-19-21-36-33-13-4-3-11-31(33)32-12-5-6-14-34(32)41(36)25-29)30-20-22-38-42(26-30)35-15-7-8-16-37(35)45-46(38)48-44-18-10-9-17-43(44)47-45/h3-26H,1-2H3. The van der Waals surface area contributed by atoms with E-state index in [0.717, 1.165) is 32.8 Å². The van der Waals surface area contributed by atoms with Gasteiger partial charge in [-0.3, -0.25) is 0 Å². The predicted molar refractivity (Wildman–Crippen MR) is 205 cm³/mol. The molecule has 0 aliphatic rings. The van der Waals surface area contributed by atoms with Gasteiger partial charge in [-0.15, -0.1) is 0 Å². The van der Waals surface area contributed by atoms with Gasteiger partial charge in [0, 0.05) is 10.8 Å². The molecule has 2 heteroatoms. The van der Waals surface area contributed by atoms with Gasteiger partial charge in [-0.25, -0.2) is 9.97 Å². The van der Waals surface area contributed by atoms with Gasteiger partial charge < -0.3 is 0 Å². The van der Waals surface area contributed by atoms with Gasteiger partial charge in [0.15, 0.2) is 0 Å². The largest absolute Gasteiger partial charge is 0.244 e. The highest BCUT2D eigenvalue weighted by atomic mass is 14.8. The van der Waals surface area contributed by atoms with Crippen molar-refractivity contribution in [3.63, 3.8) is 0 Å². The van der Waals surface area contributed by atoms with Gasteiger partial charge in [-0.1, -0.05) is 121 Å². The van der Waals surface area contributed by atoms with Crippen molar-refractivity contribution in [1.82, 2.24) is 9.97 Å². The molecule has 224 valence electrons. The molecule has 48 heavy (non-hydrogen) atoms. The summed E-state index contributed by atoms with van der Waals surface area (Å²) in [6.07, 6.45) is 0. The molecule has 0 unspecified atom stereocenters. The van der Waals surface area contributed by atoms with E-state index in [9.17, 15) is 0 Å². The molecule has 0 amide bonds. The van der Waals surface area contributed by atoms with Crippen LogP contribution >= 0.6 is 0 Å². The Kier molecular flexibility index (Phi) is 5.74. The monoisotopic (exact) mass is 610 g/mol. The molecule has 2 nitrogen and oxygen atoms in total. The summed E-state index contributed by atoms with van der Waals surface area (Å²) >= 11 is 0. The molecule has 0 aliphatic carbocycles. The van der Waals surface area contributed by atoms with Crippen LogP contribution in [-0.4, -0.2) is 9.97 Å². The fourth-order valence-corrected chi connectivity index (χ4v) is 7.95. The second-order valence-electron chi connectivity index (χ2n) is 13.0. The van der Waals surface area contributed by atoms with Crippen LogP contribution in [0, 0.1) is 13.8 Å². The molecule has 0 fully saturated rings. The lowest BCUT2D eigenvalue weighted by atomic mass is 9.88. The first-order valence-corrected chi connectivity index (χ1v) is 16.6. The number of fused-ring (bicyclic) bond motifs is 13. The molecule has 0 radical (unpaired) electrons. The Morgan fingerprint density at radius 1 is 0.312 bits per heavy atom. The topological polar surface area (TPSA) is 25.8 Å². The minimum absolute atomic E-state index is 0.919. The molecule has 0 bridgehead atoms. The average Bonchev–Trinajstić information content (AvgIpc) is 3.15. The lowest BCUT2D eigenvalue weighted by molar-refractivity contribution is 1.39. The van der Waals surface area contributed by atoms with Crippen LogP contribution in [0.4, 0.5) is 0 Å². The van der Waals surface area contributed by atoms with Crippen molar-refractivity contribution >= 4 is 75.9 Å². The highest BCUT2D eigenvalue weighted by molar-refractivity contribution is 6.26. The Labute approximate surface area is 277 Å². The fourth-order valence-electron chi connectivity index (χ4n) is 7.95. The zero-order valence-corrected chi connectivity index (χ0v) is 26.8. The summed E-state index contributed by atoms with van der Waals surface area (Å²) in [6.45, 7) is 4.48. The molecule has 9 aromatic carbocycles. The van der Waals surface area contributed by atoms with Crippen LogP contribution in [0.15, 0.2) is 146 Å². The summed E-state index contributed by atoms with van der Waals surface area (Å²) in [5.74, 6) is 0. The number of para-hydroxylation sites is 2. The second kappa shape index (κ2) is 10.2. The first-order chi connectivity index (χ1) is 23.6. The number of aryl methyl sites for hydroxylation is 2. The van der Waals surface area contributed by atoms with Crippen LogP contribution in [0.3, 0.4) is 0 Å². The third-order valence-electron chi connectivity index (χ3n) is 10.3. The molecule has 0 aliphatic heterocycles. The second-order valence-corrected chi connectivity index (χ2v) is 13.0. The van der Waals surface area contributed by atoms with Crippen LogP contribution in [0.1, 0.15) is 11.1 Å². The molecule has 1 aromatic heterocycles. The molecule has 0 saturated heterocycles. The third-order valence-corrected chi connectivity index (χ3v) is 10.3. The molecule has 0 spiro atoms. The summed E-state index contributed by atoms with van der Waals surface area (Å²) < 4.78 is 0. The summed E-state index contributed by atoms with van der Waals surface area (Å²) in [4.78, 5) is 10.2. The van der Waals surface area contributed by atoms with Crippen molar-refractivity contribution in [2.24, 2.45) is 0 Å². The van der Waals surface area contributed by atoms with E-state index < -0.39 is 0 Å². The van der Waals surface area contributed by atoms with Crippen LogP contribution < -0.4 is 0 Å². The lowest BCUT2D eigenvalue weighted by Gasteiger charge is -2.16. The van der Waals surface area contributed by atoms with Gasteiger partial charge in [-0.2, -0.15) is 0 Å². The van der Waals surface area contributed by atoms with Crippen molar-refractivity contribution in [2.75, 3.05) is 0 Å². The highest BCUT2D eigenvalue weighted by Crippen LogP contribution is 2.41. The van der Waals surface area contributed by atoms with Gasteiger partial charge in [0.2, 0.25) is 0 Å². The SMILES string of the molecule is Cc1cc(-c2ccc3c(c2)c2ccccc2c2nc4ccccc4nc32)c(C)cc1-c1ccc2c3ccccc3c3ccccc3c2c1. The zero-order valence-electron chi connectivity index (χ0n) is 26.8. The summed E-state index contributed by atoms with van der Waals surface area (Å²) in [6, 6.07) is 52.9. The zero-order chi connectivity index (χ0) is 31.9. The molecule has 0 saturated carbocycles. The maximum Gasteiger partial charge on any atom is 0.0979 e. The van der Waals surface area contributed by atoms with Crippen molar-refractivity contribution in [3.8, 4) is 22.3 Å². The minimum Gasteiger partial charge on any atom is -0.244 e. The molecule has 0 atom stereocenters. The van der Waals surface area contributed by atoms with Gasteiger partial charge in [0.25, 0.3) is 0 Å². The van der Waals surface area contributed by atoms with Crippen LogP contribution in [0.2, 0.25) is 0 Å². The predicted octanol–water partition coefficient (Wildman–Crippen LogP) is 12.5. The van der Waals surface area contributed by atoms with Gasteiger partial charge >= 0.3 is 0 Å². The maximum atomic E-state index is 5.13. The summed E-state index contributed by atoms with van der Waals surface area (Å²) in [5, 5.41) is 12.5. The maximum absolute atomic E-state index is 5.13. The molecular weight excluding hydrogens is 581 g/mol. The quantitative estimate of drug-likeness (QED) is 0.144. The summed E-state index contributed by atoms with van der Waals surface area (Å²) in [7, 11) is 0. The van der Waals surface area contributed by atoms with E-state index in [1.807, 2.05) is 24.3 Å². The lowest BCUT2D eigenvalue weighted by Crippen LogP contribution is -1.93.